The van der Waals surface area contributed by atoms with Gasteiger partial charge in [0.2, 0.25) is 0 Å². The number of hydrogen-bond acceptors (Lipinski definition) is 5. The molecule has 0 radical (unpaired) electrons. The van der Waals surface area contributed by atoms with E-state index in [1.165, 1.54) is 6.07 Å². The van der Waals surface area contributed by atoms with Crippen molar-refractivity contribution in [3.63, 3.8) is 0 Å². The van der Waals surface area contributed by atoms with E-state index in [0.29, 0.717) is 5.56 Å². The molecule has 0 aliphatic rings. The largest absolute Gasteiger partial charge is 0.391 e. The molecule has 0 atom stereocenters. The van der Waals surface area contributed by atoms with E-state index in [1.807, 2.05) is 0 Å². The van der Waals surface area contributed by atoms with Gasteiger partial charge in [-0.05, 0) is 25.2 Å². The number of hydrogen-bond donors (Lipinski definition) is 1. The van der Waals surface area contributed by atoms with Crippen molar-refractivity contribution in [3.05, 3.63) is 33.9 Å². The Balaban J connectivity index is 2.62. The highest BCUT2D eigenvalue weighted by atomic mass is 32.2. The minimum absolute atomic E-state index is 0.0180. The third-order valence-electron chi connectivity index (χ3n) is 2.99. The molecule has 0 bridgehead atoms. The third-order valence-corrected chi connectivity index (χ3v) is 3.96. The molecule has 0 fully saturated rings. The molecule has 106 valence electrons. The quantitative estimate of drug-likeness (QED) is 0.451. The Morgan fingerprint density at radius 1 is 1.37 bits per heavy atom. The van der Waals surface area contributed by atoms with Crippen molar-refractivity contribution >= 4 is 17.4 Å². The van der Waals surface area contributed by atoms with E-state index in [9.17, 15) is 10.1 Å². The number of aliphatic hydroxyl groups excluding tert-OH is 1. The van der Waals surface area contributed by atoms with Gasteiger partial charge in [0.05, 0.1) is 17.1 Å². The Labute approximate surface area is 117 Å². The molecule has 1 aromatic rings. The maximum atomic E-state index is 10.8. The molecular weight excluding hydrogens is 264 g/mol. The summed E-state index contributed by atoms with van der Waals surface area (Å²) >= 11 is 1.65. The molecule has 0 saturated heterocycles. The summed E-state index contributed by atoms with van der Waals surface area (Å²) in [6, 6.07) is 4.90. The fourth-order valence-electron chi connectivity index (χ4n) is 1.79. The normalized spacial score (nSPS) is 10.9. The van der Waals surface area contributed by atoms with E-state index >= 15 is 0 Å². The lowest BCUT2D eigenvalue weighted by molar-refractivity contribution is -0.385. The number of benzene rings is 1. The van der Waals surface area contributed by atoms with Gasteiger partial charge in [-0.3, -0.25) is 10.1 Å². The zero-order valence-corrected chi connectivity index (χ0v) is 12.2. The van der Waals surface area contributed by atoms with Crippen molar-refractivity contribution in [1.29, 1.82) is 0 Å². The summed E-state index contributed by atoms with van der Waals surface area (Å²) in [6.07, 6.45) is 0. The zero-order chi connectivity index (χ0) is 14.3. The fraction of sp³-hybridized carbons (Fsp3) is 0.538. The molecule has 0 aliphatic heterocycles. The van der Waals surface area contributed by atoms with Crippen molar-refractivity contribution in [3.8, 4) is 0 Å². The van der Waals surface area contributed by atoms with Crippen molar-refractivity contribution in [1.82, 2.24) is 4.90 Å². The predicted molar refractivity (Wildman–Crippen MR) is 77.5 cm³/mol. The summed E-state index contributed by atoms with van der Waals surface area (Å²) in [5, 5.41) is 19.9. The van der Waals surface area contributed by atoms with Gasteiger partial charge in [0, 0.05) is 23.3 Å². The highest BCUT2D eigenvalue weighted by molar-refractivity contribution is 7.99. The fourth-order valence-corrected chi connectivity index (χ4v) is 2.76. The van der Waals surface area contributed by atoms with Crippen LogP contribution in [0.25, 0.3) is 0 Å². The highest BCUT2D eigenvalue weighted by Gasteiger charge is 2.13. The van der Waals surface area contributed by atoms with Crippen LogP contribution in [0, 0.1) is 10.1 Å². The summed E-state index contributed by atoms with van der Waals surface area (Å²) in [6.45, 7) is 7.00. The lowest BCUT2D eigenvalue weighted by Gasteiger charge is -2.17. The van der Waals surface area contributed by atoms with Gasteiger partial charge in [0.25, 0.3) is 5.69 Å². The predicted octanol–water partition coefficient (Wildman–Crippen LogP) is 2.52. The lowest BCUT2D eigenvalue weighted by atomic mass is 10.2. The monoisotopic (exact) mass is 284 g/mol. The van der Waals surface area contributed by atoms with Crippen molar-refractivity contribution < 1.29 is 10.0 Å². The Kier molecular flexibility index (Phi) is 6.83. The van der Waals surface area contributed by atoms with Gasteiger partial charge in [0.15, 0.2) is 0 Å². The minimum Gasteiger partial charge on any atom is -0.391 e. The molecule has 1 N–H and O–H groups in total. The van der Waals surface area contributed by atoms with Crippen LogP contribution < -0.4 is 0 Å². The molecule has 0 spiro atoms. The molecule has 0 aliphatic carbocycles. The van der Waals surface area contributed by atoms with Crippen LogP contribution in [-0.4, -0.2) is 40.3 Å². The summed E-state index contributed by atoms with van der Waals surface area (Å²) in [5.74, 6) is 0.935. The molecule has 5 nitrogen and oxygen atoms in total. The van der Waals surface area contributed by atoms with Gasteiger partial charge in [-0.2, -0.15) is 0 Å². The van der Waals surface area contributed by atoms with E-state index in [-0.39, 0.29) is 12.3 Å². The molecule has 1 rings (SSSR count). The van der Waals surface area contributed by atoms with Gasteiger partial charge in [-0.25, -0.2) is 0 Å². The minimum atomic E-state index is -0.462. The van der Waals surface area contributed by atoms with Gasteiger partial charge >= 0.3 is 0 Å². The second-order valence-corrected chi connectivity index (χ2v) is 5.25. The molecule has 6 heteroatoms. The number of nitro groups is 1. The highest BCUT2D eigenvalue weighted by Crippen LogP contribution is 2.26. The van der Waals surface area contributed by atoms with Crippen LogP contribution in [0.15, 0.2) is 23.1 Å². The second kappa shape index (κ2) is 8.14. The van der Waals surface area contributed by atoms with Crippen molar-refractivity contribution in [2.45, 2.75) is 25.3 Å². The van der Waals surface area contributed by atoms with Gasteiger partial charge in [-0.1, -0.05) is 13.8 Å². The van der Waals surface area contributed by atoms with E-state index in [0.717, 1.165) is 30.3 Å². The van der Waals surface area contributed by atoms with Gasteiger partial charge in [0.1, 0.15) is 0 Å². The molecule has 1 aromatic carbocycles. The van der Waals surface area contributed by atoms with E-state index in [4.69, 9.17) is 5.11 Å². The van der Waals surface area contributed by atoms with E-state index < -0.39 is 4.92 Å². The molecule has 0 amide bonds. The Morgan fingerprint density at radius 2 is 2.05 bits per heavy atom. The Hall–Kier alpha value is -1.11. The first kappa shape index (κ1) is 15.9. The first-order valence-corrected chi connectivity index (χ1v) is 7.34. The van der Waals surface area contributed by atoms with E-state index in [2.05, 4.69) is 18.7 Å². The number of rotatable bonds is 8. The topological polar surface area (TPSA) is 66.6 Å². The van der Waals surface area contributed by atoms with Crippen molar-refractivity contribution in [2.24, 2.45) is 0 Å². The van der Waals surface area contributed by atoms with Crippen LogP contribution in [-0.2, 0) is 6.61 Å². The maximum absolute atomic E-state index is 10.8. The summed E-state index contributed by atoms with van der Waals surface area (Å²) < 4.78 is 0. The van der Waals surface area contributed by atoms with Gasteiger partial charge < -0.3 is 10.0 Å². The summed E-state index contributed by atoms with van der Waals surface area (Å²) in [4.78, 5) is 13.6. The van der Waals surface area contributed by atoms with Crippen LogP contribution in [0.5, 0.6) is 0 Å². The van der Waals surface area contributed by atoms with Crippen LogP contribution in [0.1, 0.15) is 19.4 Å². The smallest absolute Gasteiger partial charge is 0.274 e. The second-order valence-electron chi connectivity index (χ2n) is 4.08. The first-order chi connectivity index (χ1) is 9.12. The zero-order valence-electron chi connectivity index (χ0n) is 11.3. The first-order valence-electron chi connectivity index (χ1n) is 6.35. The molecule has 19 heavy (non-hydrogen) atoms. The lowest BCUT2D eigenvalue weighted by Crippen LogP contribution is -2.25. The average Bonchev–Trinajstić information content (AvgIpc) is 2.43. The SMILES string of the molecule is CCN(CC)CCSc1ccc([N+](=O)[O-])c(CO)c1. The third kappa shape index (κ3) is 4.81. The van der Waals surface area contributed by atoms with Crippen LogP contribution in [0.4, 0.5) is 5.69 Å². The number of nitrogens with zero attached hydrogens (tertiary/aromatic N) is 2. The standard InChI is InChI=1S/C13H20N2O3S/c1-3-14(4-2)7-8-19-12-5-6-13(15(17)18)11(9-12)10-16/h5-6,9,16H,3-4,7-8,10H2,1-2H3. The van der Waals surface area contributed by atoms with E-state index in [1.54, 1.807) is 23.9 Å². The molecule has 0 aromatic heterocycles. The average molecular weight is 284 g/mol. The van der Waals surface area contributed by atoms with Crippen LogP contribution in [0.2, 0.25) is 0 Å². The van der Waals surface area contributed by atoms with Crippen molar-refractivity contribution in [2.75, 3.05) is 25.4 Å². The number of nitro benzene ring substituents is 1. The Bertz CT molecular complexity index is 422. The summed E-state index contributed by atoms with van der Waals surface area (Å²) in [7, 11) is 0. The Morgan fingerprint density at radius 3 is 2.58 bits per heavy atom. The number of thioether (sulfide) groups is 1. The molecular formula is C13H20N2O3S. The van der Waals surface area contributed by atoms with Gasteiger partial charge in [-0.15, -0.1) is 11.8 Å². The maximum Gasteiger partial charge on any atom is 0.274 e. The molecule has 0 heterocycles. The number of aliphatic hydroxyl groups is 1. The van der Waals surface area contributed by atoms with Crippen LogP contribution >= 0.6 is 11.8 Å². The summed E-state index contributed by atoms with van der Waals surface area (Å²) in [5.41, 5.74) is 0.355. The molecule has 0 saturated carbocycles. The molecule has 0 unspecified atom stereocenters. The van der Waals surface area contributed by atoms with Crippen LogP contribution in [0.3, 0.4) is 0 Å².